The normalized spacial score (nSPS) is 10.5. The first-order valence-corrected chi connectivity index (χ1v) is 9.68. The maximum Gasteiger partial charge on any atom is 0.270 e. The van der Waals surface area contributed by atoms with Crippen LogP contribution in [0.4, 0.5) is 17.1 Å². The van der Waals surface area contributed by atoms with Crippen molar-refractivity contribution in [2.75, 3.05) is 5.43 Å². The summed E-state index contributed by atoms with van der Waals surface area (Å²) in [6.07, 6.45) is 0. The third-order valence-electron chi connectivity index (χ3n) is 5.14. The minimum Gasteiger partial charge on any atom is -0.323 e. The molecule has 3 N–H and O–H groups in total. The SMILES string of the molecule is NNc1ccc(-c2ccccc2)c(-c2cccc([N+](=O)[O-])c2)c1-c1cccc([N+](=O)[O-])c1. The predicted molar refractivity (Wildman–Crippen MR) is 124 cm³/mol. The Hall–Kier alpha value is -4.56. The lowest BCUT2D eigenvalue weighted by molar-refractivity contribution is -0.385. The number of nitro groups is 2. The third-order valence-corrected chi connectivity index (χ3v) is 5.14. The van der Waals surface area contributed by atoms with E-state index in [2.05, 4.69) is 5.43 Å². The average Bonchev–Trinajstić information content (AvgIpc) is 2.83. The minimum absolute atomic E-state index is 0.0578. The zero-order valence-corrected chi connectivity index (χ0v) is 16.8. The summed E-state index contributed by atoms with van der Waals surface area (Å²) in [5, 5.41) is 22.8. The Bertz CT molecular complexity index is 1320. The molecule has 0 aromatic heterocycles. The second-order valence-corrected chi connectivity index (χ2v) is 7.04. The molecule has 0 amide bonds. The van der Waals surface area contributed by atoms with Crippen LogP contribution in [0.15, 0.2) is 91.0 Å². The molecule has 0 saturated heterocycles. The van der Waals surface area contributed by atoms with Gasteiger partial charge >= 0.3 is 0 Å². The quantitative estimate of drug-likeness (QED) is 0.228. The van der Waals surface area contributed by atoms with Crippen molar-refractivity contribution in [1.29, 1.82) is 0 Å². The van der Waals surface area contributed by atoms with Gasteiger partial charge in [0.2, 0.25) is 0 Å². The van der Waals surface area contributed by atoms with E-state index in [4.69, 9.17) is 5.84 Å². The molecule has 4 aromatic carbocycles. The maximum atomic E-state index is 11.4. The van der Waals surface area contributed by atoms with E-state index in [-0.39, 0.29) is 11.4 Å². The van der Waals surface area contributed by atoms with Crippen LogP contribution in [0.1, 0.15) is 0 Å². The van der Waals surface area contributed by atoms with E-state index in [1.165, 1.54) is 24.3 Å². The number of nitrogen functional groups attached to an aromatic ring is 1. The van der Waals surface area contributed by atoms with Crippen molar-refractivity contribution in [3.63, 3.8) is 0 Å². The van der Waals surface area contributed by atoms with Crippen LogP contribution in [0.2, 0.25) is 0 Å². The van der Waals surface area contributed by atoms with Crippen LogP contribution in [-0.4, -0.2) is 9.85 Å². The van der Waals surface area contributed by atoms with Gasteiger partial charge in [-0.15, -0.1) is 0 Å². The first kappa shape index (κ1) is 20.7. The highest BCUT2D eigenvalue weighted by atomic mass is 16.6. The number of hydrogen-bond donors (Lipinski definition) is 2. The van der Waals surface area contributed by atoms with E-state index < -0.39 is 9.85 Å². The Morgan fingerprint density at radius 3 is 1.69 bits per heavy atom. The van der Waals surface area contributed by atoms with E-state index in [9.17, 15) is 20.2 Å². The fourth-order valence-corrected chi connectivity index (χ4v) is 3.73. The van der Waals surface area contributed by atoms with Crippen LogP contribution in [0.5, 0.6) is 0 Å². The van der Waals surface area contributed by atoms with Gasteiger partial charge in [-0.3, -0.25) is 26.1 Å². The molecule has 0 aliphatic carbocycles. The summed E-state index contributed by atoms with van der Waals surface area (Å²) in [4.78, 5) is 21.9. The van der Waals surface area contributed by atoms with Crippen molar-refractivity contribution in [2.45, 2.75) is 0 Å². The van der Waals surface area contributed by atoms with E-state index in [0.717, 1.165) is 11.1 Å². The van der Waals surface area contributed by atoms with Gasteiger partial charge in [0.1, 0.15) is 0 Å². The van der Waals surface area contributed by atoms with Crippen molar-refractivity contribution < 1.29 is 9.85 Å². The number of hydrazine groups is 1. The molecule has 8 nitrogen and oxygen atoms in total. The number of hydrogen-bond acceptors (Lipinski definition) is 6. The summed E-state index contributed by atoms with van der Waals surface area (Å²) >= 11 is 0. The standard InChI is InChI=1S/C24H18N4O4/c25-26-22-13-12-21(16-6-2-1-3-7-16)23(17-8-4-10-19(14-17)27(29)30)24(22)18-9-5-11-20(15-18)28(31)32/h1-15,26H,25H2. The molecular formula is C24H18N4O4. The van der Waals surface area contributed by atoms with Crippen LogP contribution >= 0.6 is 0 Å². The van der Waals surface area contributed by atoms with Crippen molar-refractivity contribution in [2.24, 2.45) is 5.84 Å². The van der Waals surface area contributed by atoms with E-state index in [1.54, 1.807) is 30.3 Å². The highest BCUT2D eigenvalue weighted by molar-refractivity contribution is 6.00. The topological polar surface area (TPSA) is 124 Å². The lowest BCUT2D eigenvalue weighted by atomic mass is 9.86. The Morgan fingerprint density at radius 2 is 1.16 bits per heavy atom. The first-order chi connectivity index (χ1) is 15.5. The number of nitrogens with two attached hydrogens (primary N) is 1. The molecule has 0 atom stereocenters. The Balaban J connectivity index is 2.11. The molecule has 0 bridgehead atoms. The summed E-state index contributed by atoms with van der Waals surface area (Å²) in [5.41, 5.74) is 7.22. The molecule has 8 heteroatoms. The second-order valence-electron chi connectivity index (χ2n) is 7.04. The number of nitrogens with one attached hydrogen (secondary N) is 1. The highest BCUT2D eigenvalue weighted by Crippen LogP contribution is 2.45. The summed E-state index contributed by atoms with van der Waals surface area (Å²) in [6, 6.07) is 25.7. The fraction of sp³-hybridized carbons (Fsp3) is 0. The van der Waals surface area contributed by atoms with Crippen LogP contribution in [0.25, 0.3) is 33.4 Å². The molecule has 4 aromatic rings. The second kappa shape index (κ2) is 8.66. The molecule has 32 heavy (non-hydrogen) atoms. The molecule has 0 heterocycles. The number of rotatable bonds is 6. The van der Waals surface area contributed by atoms with Crippen LogP contribution in [0, 0.1) is 20.2 Å². The monoisotopic (exact) mass is 426 g/mol. The Morgan fingerprint density at radius 1 is 0.625 bits per heavy atom. The summed E-state index contributed by atoms with van der Waals surface area (Å²) < 4.78 is 0. The average molecular weight is 426 g/mol. The Kier molecular flexibility index (Phi) is 5.61. The van der Waals surface area contributed by atoms with E-state index >= 15 is 0 Å². The van der Waals surface area contributed by atoms with Crippen molar-refractivity contribution in [3.8, 4) is 33.4 Å². The summed E-state index contributed by atoms with van der Waals surface area (Å²) in [5.74, 6) is 5.81. The zero-order valence-electron chi connectivity index (χ0n) is 16.8. The fourth-order valence-electron chi connectivity index (χ4n) is 3.73. The number of benzene rings is 4. The number of nitro benzene ring substituents is 2. The van der Waals surface area contributed by atoms with Crippen molar-refractivity contribution >= 4 is 17.1 Å². The van der Waals surface area contributed by atoms with Gasteiger partial charge in [-0.25, -0.2) is 0 Å². The minimum atomic E-state index is -0.465. The molecule has 0 spiro atoms. The number of non-ortho nitro benzene ring substituents is 2. The van der Waals surface area contributed by atoms with Gasteiger partial charge in [0, 0.05) is 29.8 Å². The zero-order chi connectivity index (χ0) is 22.7. The van der Waals surface area contributed by atoms with Crippen molar-refractivity contribution in [1.82, 2.24) is 0 Å². The summed E-state index contributed by atoms with van der Waals surface area (Å²) in [7, 11) is 0. The lowest BCUT2D eigenvalue weighted by Crippen LogP contribution is -2.09. The van der Waals surface area contributed by atoms with Gasteiger partial charge in [-0.2, -0.15) is 0 Å². The largest absolute Gasteiger partial charge is 0.323 e. The van der Waals surface area contributed by atoms with Gasteiger partial charge in [0.15, 0.2) is 0 Å². The van der Waals surface area contributed by atoms with Gasteiger partial charge in [-0.1, -0.05) is 60.7 Å². The molecule has 4 rings (SSSR count). The van der Waals surface area contributed by atoms with Gasteiger partial charge in [0.25, 0.3) is 11.4 Å². The van der Waals surface area contributed by atoms with Crippen LogP contribution in [-0.2, 0) is 0 Å². The lowest BCUT2D eigenvalue weighted by Gasteiger charge is -2.19. The predicted octanol–water partition coefficient (Wildman–Crippen LogP) is 5.79. The molecule has 0 aliphatic heterocycles. The molecular weight excluding hydrogens is 408 g/mol. The number of anilines is 1. The van der Waals surface area contributed by atoms with E-state index in [1.807, 2.05) is 36.4 Å². The van der Waals surface area contributed by atoms with Gasteiger partial charge in [-0.05, 0) is 33.9 Å². The number of nitrogens with zero attached hydrogens (tertiary/aromatic N) is 2. The molecule has 0 saturated carbocycles. The van der Waals surface area contributed by atoms with E-state index in [0.29, 0.717) is 27.9 Å². The molecule has 0 unspecified atom stereocenters. The highest BCUT2D eigenvalue weighted by Gasteiger charge is 2.21. The first-order valence-electron chi connectivity index (χ1n) is 9.68. The van der Waals surface area contributed by atoms with Gasteiger partial charge < -0.3 is 5.43 Å². The van der Waals surface area contributed by atoms with Gasteiger partial charge in [0.05, 0.1) is 15.5 Å². The molecule has 158 valence electrons. The van der Waals surface area contributed by atoms with Crippen LogP contribution < -0.4 is 11.3 Å². The molecule has 0 fully saturated rings. The summed E-state index contributed by atoms with van der Waals surface area (Å²) in [6.45, 7) is 0. The molecule has 0 aliphatic rings. The molecule has 0 radical (unpaired) electrons. The third kappa shape index (κ3) is 3.90. The smallest absolute Gasteiger partial charge is 0.270 e. The maximum absolute atomic E-state index is 11.4. The van der Waals surface area contributed by atoms with Crippen molar-refractivity contribution in [3.05, 3.63) is 111 Å². The Labute approximate surface area is 183 Å². The van der Waals surface area contributed by atoms with Crippen LogP contribution in [0.3, 0.4) is 0 Å².